The molecule has 1 aliphatic carbocycles. The number of likely N-dealkylation sites (tertiary alicyclic amines) is 1. The van der Waals surface area contributed by atoms with Gasteiger partial charge in [0.15, 0.2) is 0 Å². The number of amides is 1. The van der Waals surface area contributed by atoms with Gasteiger partial charge in [-0.15, -0.1) is 0 Å². The summed E-state index contributed by atoms with van der Waals surface area (Å²) >= 11 is 0. The first-order valence-electron chi connectivity index (χ1n) is 15.8. The van der Waals surface area contributed by atoms with Gasteiger partial charge in [-0.2, -0.15) is 5.26 Å². The van der Waals surface area contributed by atoms with Gasteiger partial charge in [-0.05, 0) is 86.7 Å². The van der Waals surface area contributed by atoms with Gasteiger partial charge in [-0.3, -0.25) is 9.78 Å². The molecule has 1 N–H and O–H groups in total. The Morgan fingerprint density at radius 3 is 2.25 bits per heavy atom. The van der Waals surface area contributed by atoms with Crippen LogP contribution in [0.25, 0.3) is 0 Å². The Hall–Kier alpha value is -3.74. The van der Waals surface area contributed by atoms with Crippen molar-refractivity contribution in [3.05, 3.63) is 84.7 Å². The lowest BCUT2D eigenvalue weighted by Crippen LogP contribution is -2.55. The van der Waals surface area contributed by atoms with E-state index < -0.39 is 15.3 Å². The summed E-state index contributed by atoms with van der Waals surface area (Å²) < 4.78 is 25.8. The summed E-state index contributed by atoms with van der Waals surface area (Å²) in [5.41, 5.74) is 1.53. The van der Waals surface area contributed by atoms with Crippen LogP contribution in [0.4, 0.5) is 5.69 Å². The van der Waals surface area contributed by atoms with Gasteiger partial charge in [0, 0.05) is 62.5 Å². The Kier molecular flexibility index (Phi) is 8.75. The molecule has 1 unspecified atom stereocenters. The second kappa shape index (κ2) is 12.7. The monoisotopic (exact) mass is 611 g/mol. The van der Waals surface area contributed by atoms with E-state index in [1.54, 1.807) is 19.1 Å². The van der Waals surface area contributed by atoms with Crippen molar-refractivity contribution in [1.29, 1.82) is 5.26 Å². The van der Waals surface area contributed by atoms with E-state index in [1.807, 2.05) is 30.3 Å². The van der Waals surface area contributed by atoms with Crippen LogP contribution in [-0.4, -0.2) is 63.0 Å². The second-order valence-electron chi connectivity index (χ2n) is 12.7. The topological polar surface area (TPSA) is 106 Å². The third-order valence-corrected chi connectivity index (χ3v) is 11.9. The third kappa shape index (κ3) is 5.85. The summed E-state index contributed by atoms with van der Waals surface area (Å²) in [5, 5.41) is 14.1. The molecule has 6 rings (SSSR count). The highest BCUT2D eigenvalue weighted by Gasteiger charge is 2.52. The fourth-order valence-corrected chi connectivity index (χ4v) is 9.21. The van der Waals surface area contributed by atoms with Gasteiger partial charge in [0.2, 0.25) is 15.7 Å². The Balaban J connectivity index is 1.06. The zero-order valence-electron chi connectivity index (χ0n) is 25.3. The average molecular weight is 612 g/mol. The SMILES string of the molecule is CC(=O)N[C@H]1CCC[C@@H]1C(C#N)(c1ccccc1)C1CCN(CC2CN(c3ccc(S(=O)(=O)c4ccncc4)cc3)C2)CC1. The van der Waals surface area contributed by atoms with Crippen LogP contribution in [0.5, 0.6) is 0 Å². The standard InChI is InChI=1S/C35H41N5O3S/c1-26(41)38-34-9-5-8-33(34)35(25-36,28-6-3-2-4-7-28)29-16-20-39(21-17-29)22-27-23-40(24-27)30-10-12-31(13-11-30)44(42,43)32-14-18-37-19-15-32/h2-4,6-7,10-15,18-19,27,29,33-34H,5,8-9,16-17,20-24H2,1H3,(H,38,41)/t33-,34-,35?/m0/s1. The van der Waals surface area contributed by atoms with E-state index in [4.69, 9.17) is 0 Å². The number of rotatable bonds is 9. The number of hydrogen-bond acceptors (Lipinski definition) is 7. The van der Waals surface area contributed by atoms with E-state index in [0.29, 0.717) is 5.92 Å². The minimum Gasteiger partial charge on any atom is -0.371 e. The van der Waals surface area contributed by atoms with Crippen molar-refractivity contribution in [3.8, 4) is 6.07 Å². The van der Waals surface area contributed by atoms with Crippen molar-refractivity contribution in [3.63, 3.8) is 0 Å². The summed E-state index contributed by atoms with van der Waals surface area (Å²) in [6.45, 7) is 6.44. The maximum Gasteiger partial charge on any atom is 0.217 e. The summed E-state index contributed by atoms with van der Waals surface area (Å²) in [7, 11) is -3.55. The molecule has 2 saturated heterocycles. The first-order chi connectivity index (χ1) is 21.3. The number of carbonyl (C=O) groups is 1. The number of piperidine rings is 1. The molecular weight excluding hydrogens is 570 g/mol. The number of carbonyl (C=O) groups excluding carboxylic acids is 1. The molecule has 2 aliphatic heterocycles. The molecule has 0 bridgehead atoms. The number of nitriles is 1. The van der Waals surface area contributed by atoms with Crippen molar-refractivity contribution in [2.24, 2.45) is 17.8 Å². The molecule has 2 aromatic carbocycles. The van der Waals surface area contributed by atoms with Gasteiger partial charge >= 0.3 is 0 Å². The largest absolute Gasteiger partial charge is 0.371 e. The zero-order valence-corrected chi connectivity index (χ0v) is 26.1. The van der Waals surface area contributed by atoms with Crippen LogP contribution in [0, 0.1) is 29.1 Å². The third-order valence-electron chi connectivity index (χ3n) is 10.1. The average Bonchev–Trinajstić information content (AvgIpc) is 3.49. The predicted octanol–water partition coefficient (Wildman–Crippen LogP) is 4.83. The number of benzene rings is 2. The molecule has 0 spiro atoms. The minimum absolute atomic E-state index is 0.0166. The van der Waals surface area contributed by atoms with E-state index in [9.17, 15) is 18.5 Å². The van der Waals surface area contributed by atoms with Gasteiger partial charge in [0.25, 0.3) is 0 Å². The molecule has 1 amide bonds. The van der Waals surface area contributed by atoms with Crippen molar-refractivity contribution in [2.75, 3.05) is 37.6 Å². The zero-order chi connectivity index (χ0) is 30.7. The summed E-state index contributed by atoms with van der Waals surface area (Å²) in [6, 6.07) is 23.4. The Bertz CT molecular complexity index is 1580. The molecular formula is C35H41N5O3S. The van der Waals surface area contributed by atoms with Crippen LogP contribution in [0.2, 0.25) is 0 Å². The Morgan fingerprint density at radius 1 is 0.955 bits per heavy atom. The molecule has 3 heterocycles. The number of pyridine rings is 1. The molecule has 230 valence electrons. The number of hydrogen-bond donors (Lipinski definition) is 1. The molecule has 3 aromatic rings. The van der Waals surface area contributed by atoms with E-state index >= 15 is 0 Å². The number of anilines is 1. The summed E-state index contributed by atoms with van der Waals surface area (Å²) in [4.78, 5) is 21.4. The van der Waals surface area contributed by atoms with E-state index in [2.05, 4.69) is 38.3 Å². The van der Waals surface area contributed by atoms with Gasteiger partial charge in [0.05, 0.1) is 21.3 Å². The number of nitrogens with one attached hydrogen (secondary N) is 1. The molecule has 8 nitrogen and oxygen atoms in total. The maximum absolute atomic E-state index is 12.9. The quantitative estimate of drug-likeness (QED) is 0.370. The van der Waals surface area contributed by atoms with Crippen molar-refractivity contribution < 1.29 is 13.2 Å². The molecule has 3 fully saturated rings. The molecule has 44 heavy (non-hydrogen) atoms. The second-order valence-corrected chi connectivity index (χ2v) is 14.7. The highest BCUT2D eigenvalue weighted by Crippen LogP contribution is 2.50. The fraction of sp³-hybridized carbons (Fsp3) is 0.457. The molecule has 9 heteroatoms. The lowest BCUT2D eigenvalue weighted by Gasteiger charge is -2.48. The Labute approximate surface area is 261 Å². The molecule has 0 radical (unpaired) electrons. The lowest BCUT2D eigenvalue weighted by atomic mass is 9.59. The van der Waals surface area contributed by atoms with Gasteiger partial charge in [-0.1, -0.05) is 36.8 Å². The highest BCUT2D eigenvalue weighted by atomic mass is 32.2. The molecule has 1 aromatic heterocycles. The van der Waals surface area contributed by atoms with Crippen molar-refractivity contribution >= 4 is 21.4 Å². The van der Waals surface area contributed by atoms with E-state index in [-0.39, 0.29) is 33.6 Å². The van der Waals surface area contributed by atoms with Crippen LogP contribution >= 0.6 is 0 Å². The molecule has 1 saturated carbocycles. The number of sulfone groups is 1. The van der Waals surface area contributed by atoms with E-state index in [0.717, 1.165) is 76.1 Å². The van der Waals surface area contributed by atoms with Gasteiger partial charge in [-0.25, -0.2) is 8.42 Å². The first kappa shape index (κ1) is 30.3. The van der Waals surface area contributed by atoms with Crippen LogP contribution in [-0.2, 0) is 20.0 Å². The van der Waals surface area contributed by atoms with Crippen molar-refractivity contribution in [1.82, 2.24) is 15.2 Å². The smallest absolute Gasteiger partial charge is 0.217 e. The molecule has 3 atom stereocenters. The summed E-state index contributed by atoms with van der Waals surface area (Å²) in [6.07, 6.45) is 7.85. The normalized spacial score (nSPS) is 23.0. The highest BCUT2D eigenvalue weighted by molar-refractivity contribution is 7.91. The van der Waals surface area contributed by atoms with Gasteiger partial charge in [0.1, 0.15) is 0 Å². The fourth-order valence-electron chi connectivity index (χ4n) is 7.97. The van der Waals surface area contributed by atoms with Crippen LogP contribution in [0.3, 0.4) is 0 Å². The van der Waals surface area contributed by atoms with Gasteiger partial charge < -0.3 is 15.1 Å². The number of nitrogens with zero attached hydrogens (tertiary/aromatic N) is 4. The number of aromatic nitrogens is 1. The van der Waals surface area contributed by atoms with E-state index in [1.165, 1.54) is 24.5 Å². The predicted molar refractivity (Wildman–Crippen MR) is 170 cm³/mol. The van der Waals surface area contributed by atoms with Crippen LogP contribution in [0.15, 0.2) is 88.9 Å². The first-order valence-corrected chi connectivity index (χ1v) is 17.3. The van der Waals surface area contributed by atoms with Crippen LogP contribution in [0.1, 0.15) is 44.6 Å². The molecule has 3 aliphatic rings. The minimum atomic E-state index is -3.55. The maximum atomic E-state index is 12.9. The summed E-state index contributed by atoms with van der Waals surface area (Å²) in [5.74, 6) is 0.893. The van der Waals surface area contributed by atoms with Crippen molar-refractivity contribution in [2.45, 2.75) is 60.3 Å². The lowest BCUT2D eigenvalue weighted by molar-refractivity contribution is -0.120. The Morgan fingerprint density at radius 2 is 1.61 bits per heavy atom. The van der Waals surface area contributed by atoms with Crippen LogP contribution < -0.4 is 10.2 Å².